The lowest BCUT2D eigenvalue weighted by molar-refractivity contribution is -0.0824. The van der Waals surface area contributed by atoms with E-state index in [9.17, 15) is 0 Å². The highest BCUT2D eigenvalue weighted by molar-refractivity contribution is 5.23. The number of hydrogen-bond acceptors (Lipinski definition) is 3. The van der Waals surface area contributed by atoms with Crippen molar-refractivity contribution in [1.82, 2.24) is 9.78 Å². The van der Waals surface area contributed by atoms with E-state index in [1.165, 1.54) is 32.1 Å². The third kappa shape index (κ3) is 2.16. The number of aromatic nitrogens is 2. The minimum absolute atomic E-state index is 0.542. The van der Waals surface area contributed by atoms with Crippen LogP contribution in [0, 0.1) is 29.6 Å². The maximum Gasteiger partial charge on any atom is 0.145 e. The second-order valence-corrected chi connectivity index (χ2v) is 6.87. The monoisotopic (exact) mass is 261 g/mol. The highest BCUT2D eigenvalue weighted by Crippen LogP contribution is 2.56. The predicted molar refractivity (Wildman–Crippen MR) is 73.1 cm³/mol. The van der Waals surface area contributed by atoms with Gasteiger partial charge >= 0.3 is 0 Å². The van der Waals surface area contributed by atoms with E-state index >= 15 is 0 Å². The van der Waals surface area contributed by atoms with Crippen molar-refractivity contribution in [3.8, 4) is 0 Å². The Morgan fingerprint density at radius 2 is 1.84 bits per heavy atom. The van der Waals surface area contributed by atoms with Crippen molar-refractivity contribution >= 4 is 5.82 Å². The number of nitrogens with zero attached hydrogens (tertiary/aromatic N) is 2. The highest BCUT2D eigenvalue weighted by atomic mass is 16.5. The van der Waals surface area contributed by atoms with Crippen molar-refractivity contribution in [1.29, 1.82) is 0 Å². The summed E-state index contributed by atoms with van der Waals surface area (Å²) in [5.74, 6) is 5.35. The van der Waals surface area contributed by atoms with Gasteiger partial charge in [0.05, 0.1) is 6.61 Å². The molecule has 4 nitrogen and oxygen atoms in total. The molecule has 0 aliphatic heterocycles. The Morgan fingerprint density at radius 3 is 2.42 bits per heavy atom. The Balaban J connectivity index is 1.33. The summed E-state index contributed by atoms with van der Waals surface area (Å²) in [5, 5.41) is 4.15. The van der Waals surface area contributed by atoms with Crippen molar-refractivity contribution < 1.29 is 4.74 Å². The summed E-state index contributed by atoms with van der Waals surface area (Å²) < 4.78 is 7.69. The van der Waals surface area contributed by atoms with Gasteiger partial charge in [-0.05, 0) is 61.7 Å². The molecule has 0 saturated heterocycles. The fourth-order valence-corrected chi connectivity index (χ4v) is 5.04. The zero-order chi connectivity index (χ0) is 12.8. The molecule has 2 N–H and O–H groups in total. The van der Waals surface area contributed by atoms with E-state index in [4.69, 9.17) is 10.5 Å². The van der Waals surface area contributed by atoms with E-state index in [0.717, 1.165) is 36.2 Å². The summed E-state index contributed by atoms with van der Waals surface area (Å²) in [6.45, 7) is 1.45. The first-order valence-electron chi connectivity index (χ1n) is 7.64. The number of ether oxygens (including phenoxy) is 1. The molecule has 104 valence electrons. The Kier molecular flexibility index (Phi) is 2.79. The van der Waals surface area contributed by atoms with Gasteiger partial charge in [0.25, 0.3) is 0 Å². The second-order valence-electron chi connectivity index (χ2n) is 6.87. The first-order valence-corrected chi connectivity index (χ1v) is 7.64. The Labute approximate surface area is 114 Å². The molecule has 4 heteroatoms. The molecule has 1 heterocycles. The summed E-state index contributed by atoms with van der Waals surface area (Å²) in [6, 6.07) is 1.81. The van der Waals surface area contributed by atoms with Gasteiger partial charge < -0.3 is 10.5 Å². The summed E-state index contributed by atoms with van der Waals surface area (Å²) in [7, 11) is 0. The molecule has 4 saturated carbocycles. The molecule has 4 bridgehead atoms. The lowest BCUT2D eigenvalue weighted by atomic mass is 9.52. The van der Waals surface area contributed by atoms with E-state index < -0.39 is 0 Å². The molecule has 0 atom stereocenters. The molecule has 0 spiro atoms. The summed E-state index contributed by atoms with van der Waals surface area (Å²) in [5.41, 5.74) is 5.60. The molecule has 1 aromatic heterocycles. The van der Waals surface area contributed by atoms with Gasteiger partial charge in [-0.15, -0.1) is 0 Å². The average molecular weight is 261 g/mol. The molecule has 4 aliphatic carbocycles. The molecule has 0 unspecified atom stereocenters. The smallest absolute Gasteiger partial charge is 0.145 e. The van der Waals surface area contributed by atoms with Crippen LogP contribution in [0.15, 0.2) is 12.3 Å². The van der Waals surface area contributed by atoms with E-state index in [-0.39, 0.29) is 0 Å². The fourth-order valence-electron chi connectivity index (χ4n) is 5.04. The molecule has 0 radical (unpaired) electrons. The number of rotatable bonds is 4. The normalized spacial score (nSPS) is 39.9. The summed E-state index contributed by atoms with van der Waals surface area (Å²) >= 11 is 0. The van der Waals surface area contributed by atoms with Crippen molar-refractivity contribution in [3.05, 3.63) is 12.3 Å². The minimum atomic E-state index is 0.542. The van der Waals surface area contributed by atoms with Crippen LogP contribution in [0.2, 0.25) is 0 Å². The van der Waals surface area contributed by atoms with Crippen LogP contribution in [0.5, 0.6) is 0 Å². The average Bonchev–Trinajstić information content (AvgIpc) is 2.78. The quantitative estimate of drug-likeness (QED) is 0.906. The van der Waals surface area contributed by atoms with Gasteiger partial charge in [-0.25, -0.2) is 4.68 Å². The molecule has 5 rings (SSSR count). The summed E-state index contributed by atoms with van der Waals surface area (Å²) in [6.07, 6.45) is 9.27. The molecule has 4 fully saturated rings. The highest BCUT2D eigenvalue weighted by Gasteiger charge is 2.47. The van der Waals surface area contributed by atoms with Crippen molar-refractivity contribution in [2.45, 2.75) is 38.8 Å². The maximum absolute atomic E-state index is 5.90. The molecular formula is C15H23N3O. The van der Waals surface area contributed by atoms with Crippen LogP contribution in [0.4, 0.5) is 5.82 Å². The van der Waals surface area contributed by atoms with Crippen molar-refractivity contribution in [2.75, 3.05) is 12.3 Å². The lowest BCUT2D eigenvalue weighted by Crippen LogP contribution is -2.46. The minimum Gasteiger partial charge on any atom is -0.382 e. The number of hydrogen-bond donors (Lipinski definition) is 1. The Hall–Kier alpha value is -1.03. The first kappa shape index (κ1) is 11.8. The van der Waals surface area contributed by atoms with Gasteiger partial charge in [0.2, 0.25) is 0 Å². The van der Waals surface area contributed by atoms with Crippen LogP contribution in [0.25, 0.3) is 0 Å². The van der Waals surface area contributed by atoms with E-state index in [1.807, 2.05) is 12.3 Å². The van der Waals surface area contributed by atoms with Crippen LogP contribution >= 0.6 is 0 Å². The lowest BCUT2D eigenvalue weighted by Gasteiger charge is -2.54. The van der Waals surface area contributed by atoms with Crippen LogP contribution < -0.4 is 5.73 Å². The number of nitrogens with two attached hydrogens (primary N) is 1. The van der Waals surface area contributed by atoms with E-state index in [0.29, 0.717) is 12.5 Å². The first-order chi connectivity index (χ1) is 9.28. The number of nitrogen functional groups attached to an aromatic ring is 1. The zero-order valence-corrected chi connectivity index (χ0v) is 11.4. The molecule has 4 aliphatic rings. The van der Waals surface area contributed by atoms with Gasteiger partial charge in [-0.3, -0.25) is 0 Å². The van der Waals surface area contributed by atoms with Crippen molar-refractivity contribution in [2.24, 2.45) is 29.6 Å². The molecule has 0 amide bonds. The molecular weight excluding hydrogens is 238 g/mol. The van der Waals surface area contributed by atoms with Crippen LogP contribution in [-0.2, 0) is 11.5 Å². The zero-order valence-electron chi connectivity index (χ0n) is 11.4. The van der Waals surface area contributed by atoms with Crippen LogP contribution in [0.3, 0.4) is 0 Å². The third-order valence-electron chi connectivity index (χ3n) is 5.62. The van der Waals surface area contributed by atoms with Gasteiger partial charge in [-0.2, -0.15) is 5.10 Å². The largest absolute Gasteiger partial charge is 0.382 e. The fraction of sp³-hybridized carbons (Fsp3) is 0.800. The van der Waals surface area contributed by atoms with Crippen LogP contribution in [0.1, 0.15) is 32.1 Å². The summed E-state index contributed by atoms with van der Waals surface area (Å²) in [4.78, 5) is 0. The van der Waals surface area contributed by atoms with Gasteiger partial charge in [0.1, 0.15) is 12.5 Å². The SMILES string of the molecule is Nc1ccn(COCC2C3CC4CC(C3)CC2C4)n1. The van der Waals surface area contributed by atoms with Crippen LogP contribution in [-0.4, -0.2) is 16.4 Å². The van der Waals surface area contributed by atoms with Gasteiger partial charge in [0, 0.05) is 12.3 Å². The maximum atomic E-state index is 5.90. The molecule has 19 heavy (non-hydrogen) atoms. The second kappa shape index (κ2) is 4.51. The number of anilines is 1. The van der Waals surface area contributed by atoms with E-state index in [1.54, 1.807) is 4.68 Å². The molecule has 0 aromatic carbocycles. The van der Waals surface area contributed by atoms with Crippen molar-refractivity contribution in [3.63, 3.8) is 0 Å². The Morgan fingerprint density at radius 1 is 1.16 bits per heavy atom. The topological polar surface area (TPSA) is 53.1 Å². The molecule has 1 aromatic rings. The third-order valence-corrected chi connectivity index (χ3v) is 5.62. The predicted octanol–water partition coefficient (Wildman–Crippen LogP) is 2.51. The Bertz CT molecular complexity index is 428. The van der Waals surface area contributed by atoms with Gasteiger partial charge in [0.15, 0.2) is 0 Å². The van der Waals surface area contributed by atoms with E-state index in [2.05, 4.69) is 5.10 Å². The van der Waals surface area contributed by atoms with Gasteiger partial charge in [-0.1, -0.05) is 0 Å². The standard InChI is InChI=1S/C15H23N3O/c16-15-1-2-18(17-15)9-19-8-14-12-4-10-3-11(6-12)7-13(14)5-10/h1-2,10-14H,3-9H2,(H2,16,17).